The van der Waals surface area contributed by atoms with Crippen LogP contribution in [0.4, 0.5) is 11.4 Å². The van der Waals surface area contributed by atoms with Crippen molar-refractivity contribution in [3.8, 4) is 0 Å². The largest absolute Gasteiger partial charge is 0.377 e. The number of carbonyl (C=O) groups excluding carboxylic acids is 2. The van der Waals surface area contributed by atoms with Gasteiger partial charge in [-0.05, 0) is 62.4 Å². The Bertz CT molecular complexity index is 904. The van der Waals surface area contributed by atoms with Crippen LogP contribution in [0.5, 0.6) is 0 Å². The van der Waals surface area contributed by atoms with Crippen molar-refractivity contribution in [3.63, 3.8) is 0 Å². The van der Waals surface area contributed by atoms with Crippen molar-refractivity contribution >= 4 is 23.2 Å². The van der Waals surface area contributed by atoms with Gasteiger partial charge in [-0.3, -0.25) is 9.59 Å². The number of carbonyl (C=O) groups is 2. The maximum atomic E-state index is 13.6. The molecule has 31 heavy (non-hydrogen) atoms. The van der Waals surface area contributed by atoms with Crippen LogP contribution in [-0.2, 0) is 16.1 Å². The number of amides is 2. The van der Waals surface area contributed by atoms with Gasteiger partial charge in [0.1, 0.15) is 0 Å². The van der Waals surface area contributed by atoms with E-state index in [1.54, 1.807) is 0 Å². The van der Waals surface area contributed by atoms with Gasteiger partial charge in [-0.25, -0.2) is 0 Å². The Labute approximate surface area is 186 Å². The fraction of sp³-hybridized carbons (Fsp3) is 0.462. The molecule has 0 radical (unpaired) electrons. The lowest BCUT2D eigenvalue weighted by molar-refractivity contribution is -0.135. The van der Waals surface area contributed by atoms with Gasteiger partial charge in [0.2, 0.25) is 11.8 Å². The molecule has 1 saturated carbocycles. The van der Waals surface area contributed by atoms with Crippen molar-refractivity contribution in [3.05, 3.63) is 59.7 Å². The SMILES string of the molecule is CC[C@H](C(=O)N(Cc1cc(NC(=O)C2CC2)ccc1N(C)C)C(C)C)c1ccccc1. The number of nitrogens with one attached hydrogen (secondary N) is 1. The zero-order valence-electron chi connectivity index (χ0n) is 19.4. The summed E-state index contributed by atoms with van der Waals surface area (Å²) < 4.78 is 0. The summed E-state index contributed by atoms with van der Waals surface area (Å²) in [5.41, 5.74) is 3.93. The standard InChI is InChI=1S/C26H35N3O2/c1-6-23(19-10-8-7-9-11-19)26(31)29(18(2)3)17-21-16-22(14-15-24(21)28(4)5)27-25(30)20-12-13-20/h7-11,14-16,18,20,23H,6,12-13,17H2,1-5H3,(H,27,30)/t23-/m0/s1. The molecule has 1 fully saturated rings. The minimum atomic E-state index is -0.163. The number of rotatable bonds is 9. The summed E-state index contributed by atoms with van der Waals surface area (Å²) in [5.74, 6) is 0.224. The third-order valence-electron chi connectivity index (χ3n) is 5.93. The van der Waals surface area contributed by atoms with Crippen molar-refractivity contribution in [2.45, 2.75) is 58.5 Å². The lowest BCUT2D eigenvalue weighted by Crippen LogP contribution is -2.39. The van der Waals surface area contributed by atoms with Crippen LogP contribution in [0.1, 0.15) is 57.1 Å². The molecule has 0 spiro atoms. The Morgan fingerprint density at radius 3 is 2.29 bits per heavy atom. The fourth-order valence-electron chi connectivity index (χ4n) is 3.95. The second-order valence-corrected chi connectivity index (χ2v) is 8.93. The molecule has 0 bridgehead atoms. The van der Waals surface area contributed by atoms with Crippen LogP contribution >= 0.6 is 0 Å². The molecule has 0 aliphatic heterocycles. The van der Waals surface area contributed by atoms with Crippen molar-refractivity contribution in [2.75, 3.05) is 24.3 Å². The molecule has 0 saturated heterocycles. The van der Waals surface area contributed by atoms with Gasteiger partial charge in [-0.1, -0.05) is 37.3 Å². The van der Waals surface area contributed by atoms with E-state index in [1.807, 2.05) is 67.5 Å². The number of benzene rings is 2. The topological polar surface area (TPSA) is 52.7 Å². The number of hydrogen-bond donors (Lipinski definition) is 1. The summed E-state index contributed by atoms with van der Waals surface area (Å²) >= 11 is 0. The highest BCUT2D eigenvalue weighted by molar-refractivity contribution is 5.94. The summed E-state index contributed by atoms with van der Waals surface area (Å²) in [6, 6.07) is 16.1. The minimum Gasteiger partial charge on any atom is -0.377 e. The van der Waals surface area contributed by atoms with Gasteiger partial charge in [-0.2, -0.15) is 0 Å². The molecular formula is C26H35N3O2. The minimum absolute atomic E-state index is 0.0602. The molecule has 1 atom stereocenters. The van der Waals surface area contributed by atoms with E-state index in [2.05, 4.69) is 31.0 Å². The summed E-state index contributed by atoms with van der Waals surface area (Å²) in [6.07, 6.45) is 2.70. The first-order valence-corrected chi connectivity index (χ1v) is 11.3. The molecule has 0 aromatic heterocycles. The van der Waals surface area contributed by atoms with Crippen LogP contribution in [-0.4, -0.2) is 36.9 Å². The van der Waals surface area contributed by atoms with Crippen LogP contribution in [0.2, 0.25) is 0 Å². The van der Waals surface area contributed by atoms with E-state index in [0.29, 0.717) is 6.54 Å². The molecule has 5 heteroatoms. The van der Waals surface area contributed by atoms with Gasteiger partial charge in [0.15, 0.2) is 0 Å². The average Bonchev–Trinajstić information content (AvgIpc) is 3.58. The summed E-state index contributed by atoms with van der Waals surface area (Å²) in [5, 5.41) is 3.04. The third-order valence-corrected chi connectivity index (χ3v) is 5.93. The Kier molecular flexibility index (Phi) is 7.37. The predicted octanol–water partition coefficient (Wildman–Crippen LogP) is 5.03. The normalized spacial score (nSPS) is 14.3. The van der Waals surface area contributed by atoms with Gasteiger partial charge in [0.05, 0.1) is 5.92 Å². The van der Waals surface area contributed by atoms with Crippen LogP contribution in [0, 0.1) is 5.92 Å². The van der Waals surface area contributed by atoms with E-state index in [-0.39, 0.29) is 29.7 Å². The van der Waals surface area contributed by atoms with Gasteiger partial charge in [-0.15, -0.1) is 0 Å². The van der Waals surface area contributed by atoms with Crippen molar-refractivity contribution in [2.24, 2.45) is 5.92 Å². The zero-order chi connectivity index (χ0) is 22.5. The molecule has 0 heterocycles. The molecule has 1 aliphatic carbocycles. The quantitative estimate of drug-likeness (QED) is 0.618. The van der Waals surface area contributed by atoms with Gasteiger partial charge in [0.25, 0.3) is 0 Å². The first-order valence-electron chi connectivity index (χ1n) is 11.3. The second kappa shape index (κ2) is 9.99. The lowest BCUT2D eigenvalue weighted by atomic mass is 9.94. The van der Waals surface area contributed by atoms with Crippen molar-refractivity contribution in [1.82, 2.24) is 4.90 Å². The monoisotopic (exact) mass is 421 g/mol. The van der Waals surface area contributed by atoms with E-state index in [1.165, 1.54) is 0 Å². The predicted molar refractivity (Wildman–Crippen MR) is 127 cm³/mol. The van der Waals surface area contributed by atoms with E-state index >= 15 is 0 Å². The Morgan fingerprint density at radius 1 is 1.06 bits per heavy atom. The van der Waals surface area contributed by atoms with E-state index in [9.17, 15) is 9.59 Å². The number of anilines is 2. The maximum absolute atomic E-state index is 13.6. The molecule has 2 aromatic rings. The van der Waals surface area contributed by atoms with Crippen LogP contribution in [0.25, 0.3) is 0 Å². The molecule has 2 amide bonds. The van der Waals surface area contributed by atoms with E-state index in [4.69, 9.17) is 0 Å². The highest BCUT2D eigenvalue weighted by Crippen LogP contribution is 2.32. The third kappa shape index (κ3) is 5.66. The molecule has 2 aromatic carbocycles. The fourth-order valence-corrected chi connectivity index (χ4v) is 3.95. The van der Waals surface area contributed by atoms with E-state index < -0.39 is 0 Å². The van der Waals surface area contributed by atoms with Crippen LogP contribution < -0.4 is 10.2 Å². The van der Waals surface area contributed by atoms with E-state index in [0.717, 1.165) is 41.8 Å². The van der Waals surface area contributed by atoms with Crippen molar-refractivity contribution < 1.29 is 9.59 Å². The van der Waals surface area contributed by atoms with Gasteiger partial charge in [0, 0.05) is 44.0 Å². The Balaban J connectivity index is 1.88. The molecule has 3 rings (SSSR count). The molecule has 5 nitrogen and oxygen atoms in total. The smallest absolute Gasteiger partial charge is 0.230 e. The first kappa shape index (κ1) is 22.9. The Hall–Kier alpha value is -2.82. The molecular weight excluding hydrogens is 386 g/mol. The summed E-state index contributed by atoms with van der Waals surface area (Å²) in [4.78, 5) is 29.9. The molecule has 1 aliphatic rings. The highest BCUT2D eigenvalue weighted by atomic mass is 16.2. The highest BCUT2D eigenvalue weighted by Gasteiger charge is 2.30. The first-order chi connectivity index (χ1) is 14.8. The molecule has 1 N–H and O–H groups in total. The van der Waals surface area contributed by atoms with Gasteiger partial charge >= 0.3 is 0 Å². The summed E-state index contributed by atoms with van der Waals surface area (Å²) in [7, 11) is 4.00. The second-order valence-electron chi connectivity index (χ2n) is 8.93. The number of nitrogens with zero attached hydrogens (tertiary/aromatic N) is 2. The number of hydrogen-bond acceptors (Lipinski definition) is 3. The Morgan fingerprint density at radius 2 is 1.74 bits per heavy atom. The lowest BCUT2D eigenvalue weighted by Gasteiger charge is -2.32. The van der Waals surface area contributed by atoms with Crippen LogP contribution in [0.3, 0.4) is 0 Å². The van der Waals surface area contributed by atoms with Gasteiger partial charge < -0.3 is 15.1 Å². The van der Waals surface area contributed by atoms with Crippen LogP contribution in [0.15, 0.2) is 48.5 Å². The summed E-state index contributed by atoms with van der Waals surface area (Å²) in [6.45, 7) is 6.68. The molecule has 166 valence electrons. The van der Waals surface area contributed by atoms with Crippen molar-refractivity contribution in [1.29, 1.82) is 0 Å². The molecule has 0 unspecified atom stereocenters. The maximum Gasteiger partial charge on any atom is 0.230 e. The average molecular weight is 422 g/mol. The zero-order valence-corrected chi connectivity index (χ0v) is 19.4.